The fourth-order valence-electron chi connectivity index (χ4n) is 2.92. The molecule has 1 rings (SSSR count). The number of carbonyl (C=O) groups is 3. The Morgan fingerprint density at radius 2 is 1.48 bits per heavy atom. The molecule has 0 saturated heterocycles. The molecule has 0 heterocycles. The molecule has 0 spiro atoms. The summed E-state index contributed by atoms with van der Waals surface area (Å²) in [4.78, 5) is 37.4. The van der Waals surface area contributed by atoms with Crippen LogP contribution in [0, 0.1) is 11.8 Å². The van der Waals surface area contributed by atoms with Crippen LogP contribution in [0.2, 0.25) is 0 Å². The first-order chi connectivity index (χ1) is 13.6. The number of hydrogen-bond donors (Lipinski definition) is 1. The minimum absolute atomic E-state index is 0.143. The summed E-state index contributed by atoms with van der Waals surface area (Å²) in [6.07, 6.45) is -0.201. The molecule has 0 aliphatic heterocycles. The van der Waals surface area contributed by atoms with Gasteiger partial charge >= 0.3 is 18.0 Å². The third-order valence-electron chi connectivity index (χ3n) is 4.24. The first-order valence-corrected chi connectivity index (χ1v) is 9.95. The highest BCUT2D eigenvalue weighted by molar-refractivity contribution is 5.95. The number of alkyl carbamates (subject to hydrolysis) is 1. The van der Waals surface area contributed by atoms with Gasteiger partial charge in [0.2, 0.25) is 0 Å². The third kappa shape index (κ3) is 8.54. The number of amides is 1. The minimum atomic E-state index is -1.15. The van der Waals surface area contributed by atoms with E-state index in [2.05, 4.69) is 5.32 Å². The molecule has 1 amide bonds. The van der Waals surface area contributed by atoms with E-state index >= 15 is 0 Å². The monoisotopic (exact) mass is 407 g/mol. The number of hydrogen-bond acceptors (Lipinski definition) is 6. The molecule has 2 atom stereocenters. The molecule has 0 unspecified atom stereocenters. The molecule has 0 bridgehead atoms. The summed E-state index contributed by atoms with van der Waals surface area (Å²) in [6.45, 7) is 10.7. The van der Waals surface area contributed by atoms with E-state index < -0.39 is 41.5 Å². The molecule has 0 saturated carbocycles. The third-order valence-corrected chi connectivity index (χ3v) is 4.24. The largest absolute Gasteiger partial charge is 0.465 e. The summed E-state index contributed by atoms with van der Waals surface area (Å²) < 4.78 is 15.6. The molecule has 0 aliphatic carbocycles. The number of ether oxygens (including phenoxy) is 3. The van der Waals surface area contributed by atoms with Crippen LogP contribution in [0.3, 0.4) is 0 Å². The molecule has 162 valence electrons. The van der Waals surface area contributed by atoms with Crippen molar-refractivity contribution in [2.24, 2.45) is 11.8 Å². The number of benzene rings is 1. The second-order valence-electron chi connectivity index (χ2n) is 7.78. The summed E-state index contributed by atoms with van der Waals surface area (Å²) >= 11 is 0. The molecule has 1 N–H and O–H groups in total. The molecule has 1 aromatic rings. The van der Waals surface area contributed by atoms with E-state index in [4.69, 9.17) is 14.2 Å². The molecule has 0 aromatic heterocycles. The van der Waals surface area contributed by atoms with Crippen LogP contribution in [0.5, 0.6) is 0 Å². The average molecular weight is 408 g/mol. The minimum Gasteiger partial charge on any atom is -0.465 e. The molecule has 0 aliphatic rings. The Morgan fingerprint density at radius 3 is 1.93 bits per heavy atom. The summed E-state index contributed by atoms with van der Waals surface area (Å²) in [5.41, 5.74) is 0.277. The molecule has 7 heteroatoms. The van der Waals surface area contributed by atoms with E-state index in [-0.39, 0.29) is 13.2 Å². The standard InChI is InChI=1S/C22H33NO6/c1-7-27-19(24)18(20(25)28-8-2)15(3)17(14-16-12-10-9-11-13-16)23-21(26)29-22(4,5)6/h9-13,15,17-18H,7-8,14H2,1-6H3,(H,23,26)/t15-,17+/m1/s1. The highest BCUT2D eigenvalue weighted by Crippen LogP contribution is 2.23. The van der Waals surface area contributed by atoms with E-state index in [1.807, 2.05) is 30.3 Å². The predicted molar refractivity (Wildman–Crippen MR) is 109 cm³/mol. The lowest BCUT2D eigenvalue weighted by atomic mass is 9.84. The second kappa shape index (κ2) is 11.4. The van der Waals surface area contributed by atoms with Crippen molar-refractivity contribution >= 4 is 18.0 Å². The van der Waals surface area contributed by atoms with Crippen molar-refractivity contribution in [2.75, 3.05) is 13.2 Å². The van der Waals surface area contributed by atoms with Crippen LogP contribution in [-0.2, 0) is 30.2 Å². The lowest BCUT2D eigenvalue weighted by Gasteiger charge is -2.30. The highest BCUT2D eigenvalue weighted by atomic mass is 16.6. The lowest BCUT2D eigenvalue weighted by Crippen LogP contribution is -2.49. The Hall–Kier alpha value is -2.57. The Bertz CT molecular complexity index is 650. The van der Waals surface area contributed by atoms with Crippen molar-refractivity contribution < 1.29 is 28.6 Å². The molecular weight excluding hydrogens is 374 g/mol. The molecular formula is C22H33NO6. The Balaban J connectivity index is 3.15. The van der Waals surface area contributed by atoms with Gasteiger partial charge in [0.05, 0.1) is 13.2 Å². The van der Waals surface area contributed by atoms with Crippen LogP contribution < -0.4 is 5.32 Å². The second-order valence-corrected chi connectivity index (χ2v) is 7.78. The topological polar surface area (TPSA) is 90.9 Å². The Morgan fingerprint density at radius 1 is 0.966 bits per heavy atom. The first kappa shape index (κ1) is 24.5. The molecule has 0 fully saturated rings. The maximum absolute atomic E-state index is 12.5. The van der Waals surface area contributed by atoms with Gasteiger partial charge in [0.15, 0.2) is 5.92 Å². The average Bonchev–Trinajstić information content (AvgIpc) is 2.61. The molecule has 29 heavy (non-hydrogen) atoms. The van der Waals surface area contributed by atoms with Gasteiger partial charge in [0.1, 0.15) is 5.60 Å². The van der Waals surface area contributed by atoms with Crippen LogP contribution in [0.4, 0.5) is 4.79 Å². The zero-order valence-electron chi connectivity index (χ0n) is 18.2. The number of nitrogens with one attached hydrogen (secondary N) is 1. The SMILES string of the molecule is CCOC(=O)C(C(=O)OCC)[C@H](C)[C@H](Cc1ccccc1)NC(=O)OC(C)(C)C. The van der Waals surface area contributed by atoms with Crippen molar-refractivity contribution in [1.29, 1.82) is 0 Å². The summed E-state index contributed by atoms with van der Waals surface area (Å²) in [5.74, 6) is -3.07. The van der Waals surface area contributed by atoms with E-state index in [9.17, 15) is 14.4 Å². The van der Waals surface area contributed by atoms with Gasteiger partial charge in [-0.3, -0.25) is 9.59 Å². The summed E-state index contributed by atoms with van der Waals surface area (Å²) in [5, 5.41) is 2.82. The van der Waals surface area contributed by atoms with E-state index in [0.29, 0.717) is 6.42 Å². The van der Waals surface area contributed by atoms with Gasteiger partial charge in [-0.05, 0) is 46.6 Å². The van der Waals surface area contributed by atoms with Crippen LogP contribution in [0.1, 0.15) is 47.1 Å². The van der Waals surface area contributed by atoms with E-state index in [0.717, 1.165) is 5.56 Å². The number of carbonyl (C=O) groups excluding carboxylic acids is 3. The lowest BCUT2D eigenvalue weighted by molar-refractivity contribution is -0.164. The van der Waals surface area contributed by atoms with E-state index in [1.54, 1.807) is 41.5 Å². The van der Waals surface area contributed by atoms with Gasteiger partial charge in [-0.2, -0.15) is 0 Å². The van der Waals surface area contributed by atoms with Crippen molar-refractivity contribution in [2.45, 2.75) is 59.6 Å². The quantitative estimate of drug-likeness (QED) is 0.383. The Kier molecular flexibility index (Phi) is 9.65. The van der Waals surface area contributed by atoms with Gasteiger partial charge in [-0.15, -0.1) is 0 Å². The van der Waals surface area contributed by atoms with Gasteiger partial charge in [-0.1, -0.05) is 37.3 Å². The normalized spacial score (nSPS) is 13.3. The maximum Gasteiger partial charge on any atom is 0.407 e. The van der Waals surface area contributed by atoms with Crippen molar-refractivity contribution in [3.63, 3.8) is 0 Å². The van der Waals surface area contributed by atoms with Crippen LogP contribution in [-0.4, -0.2) is 42.9 Å². The fraction of sp³-hybridized carbons (Fsp3) is 0.591. The summed E-state index contributed by atoms with van der Waals surface area (Å²) in [7, 11) is 0. The highest BCUT2D eigenvalue weighted by Gasteiger charge is 2.40. The number of esters is 2. The molecule has 0 radical (unpaired) electrons. The maximum atomic E-state index is 12.5. The van der Waals surface area contributed by atoms with Crippen molar-refractivity contribution in [3.05, 3.63) is 35.9 Å². The number of rotatable bonds is 9. The Labute approximate surface area is 173 Å². The van der Waals surface area contributed by atoms with E-state index in [1.165, 1.54) is 0 Å². The van der Waals surface area contributed by atoms with Crippen molar-refractivity contribution in [3.8, 4) is 0 Å². The first-order valence-electron chi connectivity index (χ1n) is 9.95. The molecule has 7 nitrogen and oxygen atoms in total. The summed E-state index contributed by atoms with van der Waals surface area (Å²) in [6, 6.07) is 8.95. The van der Waals surface area contributed by atoms with Crippen molar-refractivity contribution in [1.82, 2.24) is 5.32 Å². The van der Waals surface area contributed by atoms with Gasteiger partial charge < -0.3 is 19.5 Å². The van der Waals surface area contributed by atoms with Gasteiger partial charge in [-0.25, -0.2) is 4.79 Å². The fourth-order valence-corrected chi connectivity index (χ4v) is 2.92. The smallest absolute Gasteiger partial charge is 0.407 e. The van der Waals surface area contributed by atoms with Gasteiger partial charge in [0.25, 0.3) is 0 Å². The molecule has 1 aromatic carbocycles. The van der Waals surface area contributed by atoms with Gasteiger partial charge in [0, 0.05) is 12.0 Å². The predicted octanol–water partition coefficient (Wildman–Crippen LogP) is 3.50. The van der Waals surface area contributed by atoms with Crippen LogP contribution in [0.15, 0.2) is 30.3 Å². The zero-order chi connectivity index (χ0) is 22.0. The van der Waals surface area contributed by atoms with Crippen LogP contribution in [0.25, 0.3) is 0 Å². The van der Waals surface area contributed by atoms with Crippen LogP contribution >= 0.6 is 0 Å². The zero-order valence-corrected chi connectivity index (χ0v) is 18.2.